The number of carbonyl (C=O) groups excluding carboxylic acids is 1. The van der Waals surface area contributed by atoms with Crippen LogP contribution in [0.2, 0.25) is 0 Å². The fraction of sp³-hybridized carbons (Fsp3) is 0.533. The summed E-state index contributed by atoms with van der Waals surface area (Å²) in [6.45, 7) is 1.83. The topological polar surface area (TPSA) is 41.1 Å². The summed E-state index contributed by atoms with van der Waals surface area (Å²) in [6.07, 6.45) is 2.46. The van der Waals surface area contributed by atoms with Gasteiger partial charge in [-0.2, -0.15) is 0 Å². The van der Waals surface area contributed by atoms with Crippen molar-refractivity contribution < 1.29 is 13.6 Å². The van der Waals surface area contributed by atoms with Gasteiger partial charge in [0, 0.05) is 12.0 Å². The molecule has 2 aliphatic rings. The Balaban J connectivity index is 0.00000161. The van der Waals surface area contributed by atoms with Gasteiger partial charge in [0.1, 0.15) is 11.6 Å². The molecule has 1 saturated heterocycles. The largest absolute Gasteiger partial charge is 0.353 e. The summed E-state index contributed by atoms with van der Waals surface area (Å²) < 4.78 is 26.8. The van der Waals surface area contributed by atoms with E-state index in [-0.39, 0.29) is 36.2 Å². The predicted molar refractivity (Wildman–Crippen MR) is 78.5 cm³/mol. The Morgan fingerprint density at radius 3 is 2.67 bits per heavy atom. The molecular formula is C15H19ClF2N2O. The molecule has 1 heterocycles. The quantitative estimate of drug-likeness (QED) is 0.899. The summed E-state index contributed by atoms with van der Waals surface area (Å²) in [6, 6.07) is 3.65. The molecule has 1 aliphatic carbocycles. The molecule has 0 spiro atoms. The van der Waals surface area contributed by atoms with Crippen LogP contribution in [0.4, 0.5) is 8.78 Å². The number of amides is 1. The number of nitrogens with one attached hydrogen (secondary N) is 2. The molecule has 116 valence electrons. The van der Waals surface area contributed by atoms with Gasteiger partial charge in [-0.3, -0.25) is 4.79 Å². The lowest BCUT2D eigenvalue weighted by Crippen LogP contribution is -2.43. The maximum Gasteiger partial charge on any atom is 0.223 e. The zero-order valence-corrected chi connectivity index (χ0v) is 12.4. The van der Waals surface area contributed by atoms with Crippen molar-refractivity contribution in [2.45, 2.75) is 31.2 Å². The number of rotatable bonds is 3. The molecule has 3 rings (SSSR count). The first kappa shape index (κ1) is 16.2. The van der Waals surface area contributed by atoms with E-state index in [0.717, 1.165) is 38.1 Å². The molecular weight excluding hydrogens is 298 g/mol. The minimum atomic E-state index is -0.453. The second-order valence-corrected chi connectivity index (χ2v) is 5.65. The molecule has 21 heavy (non-hydrogen) atoms. The van der Waals surface area contributed by atoms with Gasteiger partial charge >= 0.3 is 0 Å². The minimum absolute atomic E-state index is 0. The van der Waals surface area contributed by atoms with E-state index in [1.165, 1.54) is 6.07 Å². The van der Waals surface area contributed by atoms with Crippen LogP contribution in [-0.4, -0.2) is 25.0 Å². The highest BCUT2D eigenvalue weighted by molar-refractivity contribution is 5.85. The van der Waals surface area contributed by atoms with E-state index in [2.05, 4.69) is 10.6 Å². The molecule has 1 amide bonds. The summed E-state index contributed by atoms with van der Waals surface area (Å²) in [5, 5.41) is 6.26. The van der Waals surface area contributed by atoms with E-state index < -0.39 is 11.6 Å². The van der Waals surface area contributed by atoms with Crippen LogP contribution in [0, 0.1) is 17.6 Å². The average molecular weight is 317 g/mol. The number of carbonyl (C=O) groups is 1. The standard InChI is InChI=1S/C15H18F2N2O.ClH/c16-9-1-2-14(17)12(7-9)11-8-13(11)15(20)19-10-3-5-18-6-4-10;/h1-2,7,10-11,13,18H,3-6,8H2,(H,19,20);1H. The van der Waals surface area contributed by atoms with Crippen molar-refractivity contribution >= 4 is 18.3 Å². The maximum absolute atomic E-state index is 13.6. The molecule has 3 nitrogen and oxygen atoms in total. The highest BCUT2D eigenvalue weighted by Crippen LogP contribution is 2.48. The van der Waals surface area contributed by atoms with Gasteiger partial charge in [-0.25, -0.2) is 8.78 Å². The summed E-state index contributed by atoms with van der Waals surface area (Å²) in [5.74, 6) is -1.28. The molecule has 0 bridgehead atoms. The Bertz CT molecular complexity index is 520. The van der Waals surface area contributed by atoms with E-state index in [4.69, 9.17) is 0 Å². The molecule has 0 aromatic heterocycles. The van der Waals surface area contributed by atoms with E-state index in [1.807, 2.05) is 0 Å². The van der Waals surface area contributed by atoms with Gasteiger partial charge in [0.2, 0.25) is 5.91 Å². The number of halogens is 3. The van der Waals surface area contributed by atoms with Crippen molar-refractivity contribution in [3.8, 4) is 0 Å². The second-order valence-electron chi connectivity index (χ2n) is 5.65. The summed E-state index contributed by atoms with van der Waals surface area (Å²) in [4.78, 5) is 12.1. The summed E-state index contributed by atoms with van der Waals surface area (Å²) in [7, 11) is 0. The van der Waals surface area contributed by atoms with Crippen LogP contribution >= 0.6 is 12.4 Å². The monoisotopic (exact) mass is 316 g/mol. The van der Waals surface area contributed by atoms with E-state index >= 15 is 0 Å². The Morgan fingerprint density at radius 2 is 1.95 bits per heavy atom. The van der Waals surface area contributed by atoms with Gasteiger partial charge in [-0.05, 0) is 62.0 Å². The third-order valence-electron chi connectivity index (χ3n) is 4.17. The Morgan fingerprint density at radius 1 is 1.24 bits per heavy atom. The Hall–Kier alpha value is -1.20. The number of benzene rings is 1. The first-order chi connectivity index (χ1) is 9.65. The van der Waals surface area contributed by atoms with Crippen LogP contribution in [0.25, 0.3) is 0 Å². The van der Waals surface area contributed by atoms with Crippen LogP contribution in [0.5, 0.6) is 0 Å². The van der Waals surface area contributed by atoms with E-state index in [1.54, 1.807) is 0 Å². The molecule has 1 aromatic carbocycles. The highest BCUT2D eigenvalue weighted by Gasteiger charge is 2.45. The van der Waals surface area contributed by atoms with Gasteiger partial charge in [-0.1, -0.05) is 0 Å². The van der Waals surface area contributed by atoms with Crippen molar-refractivity contribution in [2.24, 2.45) is 5.92 Å². The minimum Gasteiger partial charge on any atom is -0.353 e. The van der Waals surface area contributed by atoms with Gasteiger partial charge in [-0.15, -0.1) is 12.4 Å². The molecule has 2 fully saturated rings. The zero-order valence-electron chi connectivity index (χ0n) is 11.6. The SMILES string of the molecule is Cl.O=C(NC1CCNCC1)C1CC1c1cc(F)ccc1F. The van der Waals surface area contributed by atoms with Gasteiger partial charge < -0.3 is 10.6 Å². The lowest BCUT2D eigenvalue weighted by molar-refractivity contribution is -0.123. The van der Waals surface area contributed by atoms with Gasteiger partial charge in [0.15, 0.2) is 0 Å². The van der Waals surface area contributed by atoms with Crippen LogP contribution in [0.3, 0.4) is 0 Å². The summed E-state index contributed by atoms with van der Waals surface area (Å²) in [5.41, 5.74) is 0.329. The lowest BCUT2D eigenvalue weighted by Gasteiger charge is -2.23. The first-order valence-electron chi connectivity index (χ1n) is 7.11. The molecule has 2 atom stereocenters. The molecule has 1 aromatic rings. The van der Waals surface area contributed by atoms with Crippen LogP contribution in [-0.2, 0) is 4.79 Å². The highest BCUT2D eigenvalue weighted by atomic mass is 35.5. The molecule has 2 N–H and O–H groups in total. The number of hydrogen-bond acceptors (Lipinski definition) is 2. The van der Waals surface area contributed by atoms with Crippen molar-refractivity contribution in [3.63, 3.8) is 0 Å². The van der Waals surface area contributed by atoms with Gasteiger partial charge in [0.25, 0.3) is 0 Å². The second kappa shape index (κ2) is 6.71. The van der Waals surface area contributed by atoms with Gasteiger partial charge in [0.05, 0.1) is 0 Å². The predicted octanol–water partition coefficient (Wildman–Crippen LogP) is 2.36. The van der Waals surface area contributed by atoms with E-state index in [0.29, 0.717) is 12.0 Å². The molecule has 1 aliphatic heterocycles. The maximum atomic E-state index is 13.6. The first-order valence-corrected chi connectivity index (χ1v) is 7.11. The third kappa shape index (κ3) is 3.71. The fourth-order valence-corrected chi connectivity index (χ4v) is 2.90. The van der Waals surface area contributed by atoms with Crippen molar-refractivity contribution in [3.05, 3.63) is 35.4 Å². The molecule has 0 radical (unpaired) electrons. The Labute approximate surface area is 128 Å². The van der Waals surface area contributed by atoms with E-state index in [9.17, 15) is 13.6 Å². The number of hydrogen-bond donors (Lipinski definition) is 2. The zero-order chi connectivity index (χ0) is 14.1. The fourth-order valence-electron chi connectivity index (χ4n) is 2.90. The third-order valence-corrected chi connectivity index (χ3v) is 4.17. The lowest BCUT2D eigenvalue weighted by atomic mass is 10.1. The normalized spacial score (nSPS) is 25.0. The average Bonchev–Trinajstić information content (AvgIpc) is 3.23. The molecule has 1 saturated carbocycles. The van der Waals surface area contributed by atoms with Crippen LogP contribution < -0.4 is 10.6 Å². The van der Waals surface area contributed by atoms with Crippen LogP contribution in [0.1, 0.15) is 30.7 Å². The Kier molecular flexibility index (Phi) is 5.17. The molecule has 6 heteroatoms. The smallest absolute Gasteiger partial charge is 0.223 e. The number of piperidine rings is 1. The van der Waals surface area contributed by atoms with Crippen LogP contribution in [0.15, 0.2) is 18.2 Å². The summed E-state index contributed by atoms with van der Waals surface area (Å²) >= 11 is 0. The van der Waals surface area contributed by atoms with Crippen molar-refractivity contribution in [1.82, 2.24) is 10.6 Å². The van der Waals surface area contributed by atoms with Crippen molar-refractivity contribution in [2.75, 3.05) is 13.1 Å². The molecule has 2 unspecified atom stereocenters. The van der Waals surface area contributed by atoms with Crippen molar-refractivity contribution in [1.29, 1.82) is 0 Å².